The quantitative estimate of drug-likeness (QED) is 0.884. The first kappa shape index (κ1) is 13.7. The van der Waals surface area contributed by atoms with Crippen LogP contribution in [0.4, 0.5) is 5.95 Å². The van der Waals surface area contributed by atoms with Gasteiger partial charge in [0.05, 0.1) is 0 Å². The number of halogens is 1. The summed E-state index contributed by atoms with van der Waals surface area (Å²) in [5, 5.41) is 3.30. The summed E-state index contributed by atoms with van der Waals surface area (Å²) in [7, 11) is 4.04. The first-order valence-corrected chi connectivity index (χ1v) is 6.24. The third-order valence-electron chi connectivity index (χ3n) is 2.77. The number of hydrogen-bond acceptors (Lipinski definition) is 6. The van der Waals surface area contributed by atoms with Crippen molar-refractivity contribution in [2.45, 2.75) is 13.0 Å². The van der Waals surface area contributed by atoms with Gasteiger partial charge in [0.1, 0.15) is 6.33 Å². The standard InChI is InChI=1S/C11H16ClN7/c1-8(18(2)3)6-14-10-15-9(12)16-11(17-10)19-5-4-13-7-19/h4-5,7-8H,6H2,1-3H3,(H,14,15,16,17). The first-order chi connectivity index (χ1) is 9.06. The molecule has 0 spiro atoms. The molecule has 0 aliphatic heterocycles. The molecule has 0 saturated heterocycles. The predicted octanol–water partition coefficient (Wildman–Crippen LogP) is 1.07. The van der Waals surface area contributed by atoms with Gasteiger partial charge in [0.25, 0.3) is 0 Å². The molecule has 7 nitrogen and oxygen atoms in total. The number of nitrogens with one attached hydrogen (secondary N) is 1. The SMILES string of the molecule is CC(CNc1nc(Cl)nc(-n2ccnc2)n1)N(C)C. The van der Waals surface area contributed by atoms with Gasteiger partial charge in [-0.1, -0.05) is 0 Å². The van der Waals surface area contributed by atoms with E-state index in [1.807, 2.05) is 14.1 Å². The molecule has 0 saturated carbocycles. The Morgan fingerprint density at radius 2 is 2.16 bits per heavy atom. The third kappa shape index (κ3) is 3.62. The van der Waals surface area contributed by atoms with E-state index in [-0.39, 0.29) is 5.28 Å². The van der Waals surface area contributed by atoms with Crippen LogP contribution in [0.3, 0.4) is 0 Å². The summed E-state index contributed by atoms with van der Waals surface area (Å²) in [6.45, 7) is 2.82. The average molecular weight is 282 g/mol. The second-order valence-electron chi connectivity index (χ2n) is 4.39. The summed E-state index contributed by atoms with van der Waals surface area (Å²) < 4.78 is 1.67. The predicted molar refractivity (Wildman–Crippen MR) is 73.6 cm³/mol. The normalized spacial score (nSPS) is 12.7. The minimum absolute atomic E-state index is 0.152. The number of nitrogens with zero attached hydrogens (tertiary/aromatic N) is 6. The monoisotopic (exact) mass is 281 g/mol. The molecule has 0 aromatic carbocycles. The van der Waals surface area contributed by atoms with Gasteiger partial charge in [-0.05, 0) is 32.6 Å². The number of imidazole rings is 1. The second kappa shape index (κ2) is 5.94. The van der Waals surface area contributed by atoms with Crippen LogP contribution in [-0.2, 0) is 0 Å². The minimum atomic E-state index is 0.152. The topological polar surface area (TPSA) is 71.8 Å². The van der Waals surface area contributed by atoms with Crippen molar-refractivity contribution in [1.82, 2.24) is 29.4 Å². The van der Waals surface area contributed by atoms with Crippen molar-refractivity contribution in [2.24, 2.45) is 0 Å². The molecule has 19 heavy (non-hydrogen) atoms. The maximum absolute atomic E-state index is 5.90. The molecule has 1 unspecified atom stereocenters. The molecule has 8 heteroatoms. The van der Waals surface area contributed by atoms with Gasteiger partial charge in [-0.25, -0.2) is 4.98 Å². The van der Waals surface area contributed by atoms with Crippen LogP contribution >= 0.6 is 11.6 Å². The molecule has 0 fully saturated rings. The summed E-state index contributed by atoms with van der Waals surface area (Å²) in [6, 6.07) is 0.354. The Morgan fingerprint density at radius 1 is 1.37 bits per heavy atom. The fourth-order valence-electron chi connectivity index (χ4n) is 1.33. The van der Waals surface area contributed by atoms with E-state index in [0.29, 0.717) is 17.9 Å². The molecule has 2 heterocycles. The number of rotatable bonds is 5. The molecule has 102 valence electrons. The van der Waals surface area contributed by atoms with Crippen LogP contribution in [0.25, 0.3) is 5.95 Å². The van der Waals surface area contributed by atoms with E-state index in [1.54, 1.807) is 23.3 Å². The van der Waals surface area contributed by atoms with Gasteiger partial charge in [0.2, 0.25) is 17.2 Å². The molecule has 0 aliphatic carbocycles. The van der Waals surface area contributed by atoms with Gasteiger partial charge < -0.3 is 10.2 Å². The van der Waals surface area contributed by atoms with Crippen LogP contribution in [0.15, 0.2) is 18.7 Å². The van der Waals surface area contributed by atoms with Crippen LogP contribution < -0.4 is 5.32 Å². The molecule has 1 N–H and O–H groups in total. The van der Waals surface area contributed by atoms with Crippen molar-refractivity contribution < 1.29 is 0 Å². The molecule has 1 atom stereocenters. The molecule has 0 aliphatic rings. The maximum Gasteiger partial charge on any atom is 0.241 e. The Kier molecular flexibility index (Phi) is 4.28. The zero-order valence-electron chi connectivity index (χ0n) is 11.1. The van der Waals surface area contributed by atoms with Crippen molar-refractivity contribution in [3.8, 4) is 5.95 Å². The fourth-order valence-corrected chi connectivity index (χ4v) is 1.49. The van der Waals surface area contributed by atoms with Crippen LogP contribution in [0.5, 0.6) is 0 Å². The maximum atomic E-state index is 5.90. The molecule has 2 rings (SSSR count). The van der Waals surface area contributed by atoms with E-state index in [4.69, 9.17) is 11.6 Å². The summed E-state index contributed by atoms with van der Waals surface area (Å²) in [5.41, 5.74) is 0. The van der Waals surface area contributed by atoms with Gasteiger partial charge in [-0.15, -0.1) is 0 Å². The highest BCUT2D eigenvalue weighted by molar-refractivity contribution is 6.28. The van der Waals surface area contributed by atoms with Crippen molar-refractivity contribution in [3.05, 3.63) is 24.0 Å². The Morgan fingerprint density at radius 3 is 2.79 bits per heavy atom. The summed E-state index contributed by atoms with van der Waals surface area (Å²) in [4.78, 5) is 18.5. The summed E-state index contributed by atoms with van der Waals surface area (Å²) in [6.07, 6.45) is 5.01. The van der Waals surface area contributed by atoms with E-state index in [9.17, 15) is 0 Å². The van der Waals surface area contributed by atoms with Gasteiger partial charge in [-0.2, -0.15) is 15.0 Å². The van der Waals surface area contributed by atoms with E-state index in [0.717, 1.165) is 6.54 Å². The van der Waals surface area contributed by atoms with Crippen LogP contribution in [0.1, 0.15) is 6.92 Å². The Labute approximate surface area is 116 Å². The summed E-state index contributed by atoms with van der Waals surface area (Å²) >= 11 is 5.90. The highest BCUT2D eigenvalue weighted by Gasteiger charge is 2.09. The number of anilines is 1. The van der Waals surface area contributed by atoms with E-state index < -0.39 is 0 Å². The lowest BCUT2D eigenvalue weighted by atomic mass is 10.3. The lowest BCUT2D eigenvalue weighted by molar-refractivity contribution is 0.325. The Hall–Kier alpha value is -1.73. The number of hydrogen-bond donors (Lipinski definition) is 1. The fraction of sp³-hybridized carbons (Fsp3) is 0.455. The number of aromatic nitrogens is 5. The van der Waals surface area contributed by atoms with Gasteiger partial charge in [0.15, 0.2) is 0 Å². The first-order valence-electron chi connectivity index (χ1n) is 5.86. The highest BCUT2D eigenvalue weighted by atomic mass is 35.5. The van der Waals surface area contributed by atoms with Gasteiger partial charge >= 0.3 is 0 Å². The van der Waals surface area contributed by atoms with Crippen LogP contribution in [0.2, 0.25) is 5.28 Å². The van der Waals surface area contributed by atoms with Gasteiger partial charge in [-0.3, -0.25) is 4.57 Å². The molecule has 0 amide bonds. The summed E-state index contributed by atoms with van der Waals surface area (Å²) in [5.74, 6) is 0.898. The smallest absolute Gasteiger partial charge is 0.241 e. The molecule has 2 aromatic rings. The zero-order valence-corrected chi connectivity index (χ0v) is 11.8. The van der Waals surface area contributed by atoms with Crippen molar-refractivity contribution in [2.75, 3.05) is 26.0 Å². The lowest BCUT2D eigenvalue weighted by Gasteiger charge is -2.19. The molecular weight excluding hydrogens is 266 g/mol. The minimum Gasteiger partial charge on any atom is -0.352 e. The Bertz CT molecular complexity index is 526. The highest BCUT2D eigenvalue weighted by Crippen LogP contribution is 2.09. The lowest BCUT2D eigenvalue weighted by Crippen LogP contribution is -2.32. The Balaban J connectivity index is 2.13. The average Bonchev–Trinajstić information content (AvgIpc) is 2.89. The van der Waals surface area contributed by atoms with E-state index in [2.05, 4.69) is 37.1 Å². The molecule has 0 bridgehead atoms. The molecule has 2 aromatic heterocycles. The van der Waals surface area contributed by atoms with E-state index in [1.165, 1.54) is 0 Å². The molecular formula is C11H16ClN7. The van der Waals surface area contributed by atoms with Crippen LogP contribution in [0, 0.1) is 0 Å². The van der Waals surface area contributed by atoms with E-state index >= 15 is 0 Å². The largest absolute Gasteiger partial charge is 0.352 e. The number of likely N-dealkylation sites (N-methyl/N-ethyl adjacent to an activating group) is 1. The van der Waals surface area contributed by atoms with Gasteiger partial charge in [0, 0.05) is 25.0 Å². The van der Waals surface area contributed by atoms with Crippen molar-refractivity contribution >= 4 is 17.5 Å². The van der Waals surface area contributed by atoms with Crippen molar-refractivity contribution in [3.63, 3.8) is 0 Å². The van der Waals surface area contributed by atoms with Crippen molar-refractivity contribution in [1.29, 1.82) is 0 Å². The zero-order chi connectivity index (χ0) is 13.8. The molecule has 0 radical (unpaired) electrons. The second-order valence-corrected chi connectivity index (χ2v) is 4.73. The van der Waals surface area contributed by atoms with Crippen LogP contribution in [-0.4, -0.2) is 56.1 Å². The third-order valence-corrected chi connectivity index (χ3v) is 2.94.